The fourth-order valence-corrected chi connectivity index (χ4v) is 2.37. The van der Waals surface area contributed by atoms with Crippen molar-refractivity contribution in [3.8, 4) is 0 Å². The van der Waals surface area contributed by atoms with E-state index in [-0.39, 0.29) is 12.5 Å². The molecule has 1 aliphatic rings. The van der Waals surface area contributed by atoms with Crippen LogP contribution in [-0.4, -0.2) is 52.0 Å². The Morgan fingerprint density at radius 2 is 1.92 bits per heavy atom. The summed E-state index contributed by atoms with van der Waals surface area (Å²) < 4.78 is 42.7. The smallest absolute Gasteiger partial charge is 0.419 e. The first-order valence-corrected chi connectivity index (χ1v) is 7.77. The number of ether oxygens (including phenoxy) is 1. The molecule has 10 heteroatoms. The third-order valence-corrected chi connectivity index (χ3v) is 3.53. The van der Waals surface area contributed by atoms with Gasteiger partial charge in [-0.3, -0.25) is 0 Å². The molecule has 0 aliphatic carbocycles. The number of β-amino-alcohol motifs (C(OH)–C–C–N with tert-alkyl or cyclic N) is 1. The minimum absolute atomic E-state index is 0.0891. The summed E-state index contributed by atoms with van der Waals surface area (Å²) in [7, 11) is 0. The molecule has 2 N–H and O–H groups in total. The zero-order valence-corrected chi connectivity index (χ0v) is 14.2. The van der Waals surface area contributed by atoms with Crippen molar-refractivity contribution in [2.45, 2.75) is 51.1 Å². The topological polar surface area (TPSA) is 87.6 Å². The number of carbonyl (C=O) groups excluding carboxylic acids is 1. The molecule has 1 amide bonds. The van der Waals surface area contributed by atoms with Gasteiger partial charge < -0.3 is 20.1 Å². The van der Waals surface area contributed by atoms with E-state index in [0.717, 1.165) is 0 Å². The van der Waals surface area contributed by atoms with Gasteiger partial charge in [-0.05, 0) is 27.2 Å². The van der Waals surface area contributed by atoms with Gasteiger partial charge in [0.05, 0.1) is 17.7 Å². The Hall–Kier alpha value is -2.10. The summed E-state index contributed by atoms with van der Waals surface area (Å²) in [6, 6.07) is -0.513. The first kappa shape index (κ1) is 19.2. The van der Waals surface area contributed by atoms with E-state index >= 15 is 0 Å². The highest BCUT2D eigenvalue weighted by Crippen LogP contribution is 2.28. The molecule has 140 valence electrons. The van der Waals surface area contributed by atoms with Gasteiger partial charge in [0.1, 0.15) is 5.60 Å². The third kappa shape index (κ3) is 5.45. The van der Waals surface area contributed by atoms with Crippen LogP contribution in [0.15, 0.2) is 12.4 Å². The summed E-state index contributed by atoms with van der Waals surface area (Å²) in [6.07, 6.45) is -4.25. The lowest BCUT2D eigenvalue weighted by Gasteiger charge is -2.36. The molecule has 0 aromatic carbocycles. The number of anilines is 1. The average molecular weight is 362 g/mol. The van der Waals surface area contributed by atoms with Gasteiger partial charge in [0, 0.05) is 25.5 Å². The number of nitrogens with one attached hydrogen (secondary N) is 1. The van der Waals surface area contributed by atoms with Crippen molar-refractivity contribution in [2.24, 2.45) is 0 Å². The molecular formula is C15H21F3N4O3. The van der Waals surface area contributed by atoms with E-state index in [1.807, 2.05) is 0 Å². The van der Waals surface area contributed by atoms with Crippen LogP contribution in [0.5, 0.6) is 0 Å². The predicted molar refractivity (Wildman–Crippen MR) is 83.0 cm³/mol. The maximum atomic E-state index is 12.5. The Labute approximate surface area is 143 Å². The monoisotopic (exact) mass is 362 g/mol. The van der Waals surface area contributed by atoms with Gasteiger partial charge in [-0.15, -0.1) is 0 Å². The Kier molecular flexibility index (Phi) is 5.40. The predicted octanol–water partition coefficient (Wildman–Crippen LogP) is 1.96. The number of piperidine rings is 1. The second-order valence-corrected chi connectivity index (χ2v) is 6.82. The number of nitrogens with zero attached hydrogens (tertiary/aromatic N) is 3. The number of aromatic nitrogens is 2. The van der Waals surface area contributed by atoms with E-state index in [4.69, 9.17) is 4.74 Å². The van der Waals surface area contributed by atoms with E-state index < -0.39 is 35.6 Å². The molecule has 7 nitrogen and oxygen atoms in total. The van der Waals surface area contributed by atoms with Crippen LogP contribution in [0.4, 0.5) is 23.9 Å². The number of aliphatic hydroxyl groups is 1. The van der Waals surface area contributed by atoms with Gasteiger partial charge in [0.2, 0.25) is 5.95 Å². The van der Waals surface area contributed by atoms with Crippen LogP contribution in [0.3, 0.4) is 0 Å². The van der Waals surface area contributed by atoms with Crippen LogP contribution in [0.25, 0.3) is 0 Å². The van der Waals surface area contributed by atoms with Gasteiger partial charge in [-0.1, -0.05) is 0 Å². The maximum Gasteiger partial charge on any atom is 0.419 e. The standard InChI is InChI=1S/C15H21F3N4O3/c1-14(2,3)25-13(24)21-10-4-5-22(8-11(10)23)12-19-6-9(7-20-12)15(16,17)18/h6-7,10-11,23H,4-5,8H2,1-3H3,(H,21,24). The molecule has 0 spiro atoms. The number of hydrogen-bond acceptors (Lipinski definition) is 6. The highest BCUT2D eigenvalue weighted by molar-refractivity contribution is 5.68. The molecule has 1 aliphatic heterocycles. The van der Waals surface area contributed by atoms with E-state index in [1.165, 1.54) is 0 Å². The lowest BCUT2D eigenvalue weighted by molar-refractivity contribution is -0.138. The molecule has 1 aromatic heterocycles. The van der Waals surface area contributed by atoms with Crippen molar-refractivity contribution in [1.29, 1.82) is 0 Å². The number of alkyl halides is 3. The van der Waals surface area contributed by atoms with Crippen molar-refractivity contribution >= 4 is 12.0 Å². The number of amides is 1. The van der Waals surface area contributed by atoms with Crippen molar-refractivity contribution in [3.05, 3.63) is 18.0 Å². The molecule has 25 heavy (non-hydrogen) atoms. The van der Waals surface area contributed by atoms with Gasteiger partial charge in [-0.2, -0.15) is 13.2 Å². The molecule has 0 radical (unpaired) electrons. The number of aliphatic hydroxyl groups excluding tert-OH is 1. The average Bonchev–Trinajstić information content (AvgIpc) is 2.46. The van der Waals surface area contributed by atoms with E-state index in [2.05, 4.69) is 15.3 Å². The van der Waals surface area contributed by atoms with Crippen LogP contribution >= 0.6 is 0 Å². The fraction of sp³-hybridized carbons (Fsp3) is 0.667. The van der Waals surface area contributed by atoms with Crippen LogP contribution in [0, 0.1) is 0 Å². The molecule has 0 saturated carbocycles. The second-order valence-electron chi connectivity index (χ2n) is 6.82. The van der Waals surface area contributed by atoms with E-state index in [9.17, 15) is 23.1 Å². The fourth-order valence-electron chi connectivity index (χ4n) is 2.37. The molecule has 2 unspecified atom stereocenters. The van der Waals surface area contributed by atoms with Crippen LogP contribution in [0.1, 0.15) is 32.8 Å². The molecule has 2 rings (SSSR count). The van der Waals surface area contributed by atoms with Crippen molar-refractivity contribution in [1.82, 2.24) is 15.3 Å². The summed E-state index contributed by atoms with van der Waals surface area (Å²) in [5.41, 5.74) is -1.58. The highest BCUT2D eigenvalue weighted by atomic mass is 19.4. The third-order valence-electron chi connectivity index (χ3n) is 3.53. The maximum absolute atomic E-state index is 12.5. The Morgan fingerprint density at radius 1 is 1.32 bits per heavy atom. The quantitative estimate of drug-likeness (QED) is 0.836. The van der Waals surface area contributed by atoms with Crippen molar-refractivity contribution in [3.63, 3.8) is 0 Å². The van der Waals surface area contributed by atoms with Gasteiger partial charge in [0.15, 0.2) is 0 Å². The summed E-state index contributed by atoms with van der Waals surface area (Å²) in [5.74, 6) is 0.0998. The lowest BCUT2D eigenvalue weighted by atomic mass is 10.0. The van der Waals surface area contributed by atoms with Crippen LogP contribution < -0.4 is 10.2 Å². The molecule has 1 aromatic rings. The number of halogens is 3. The van der Waals surface area contributed by atoms with Gasteiger partial charge in [0.25, 0.3) is 0 Å². The largest absolute Gasteiger partial charge is 0.444 e. The number of alkyl carbamates (subject to hydrolysis) is 1. The number of rotatable bonds is 2. The minimum Gasteiger partial charge on any atom is -0.444 e. The minimum atomic E-state index is -4.50. The van der Waals surface area contributed by atoms with Crippen LogP contribution in [-0.2, 0) is 10.9 Å². The molecular weight excluding hydrogens is 341 g/mol. The Balaban J connectivity index is 1.94. The summed E-state index contributed by atoms with van der Waals surface area (Å²) >= 11 is 0. The summed E-state index contributed by atoms with van der Waals surface area (Å²) in [5, 5.41) is 12.8. The van der Waals surface area contributed by atoms with Gasteiger partial charge >= 0.3 is 12.3 Å². The Bertz CT molecular complexity index is 602. The highest BCUT2D eigenvalue weighted by Gasteiger charge is 2.33. The molecule has 2 atom stereocenters. The summed E-state index contributed by atoms with van der Waals surface area (Å²) in [6.45, 7) is 5.66. The molecule has 0 bridgehead atoms. The zero-order chi connectivity index (χ0) is 18.8. The lowest BCUT2D eigenvalue weighted by Crippen LogP contribution is -2.55. The Morgan fingerprint density at radius 3 is 2.40 bits per heavy atom. The summed E-state index contributed by atoms with van der Waals surface area (Å²) in [4.78, 5) is 20.8. The SMILES string of the molecule is CC(C)(C)OC(=O)NC1CCN(c2ncc(C(F)(F)F)cn2)CC1O. The van der Waals surface area contributed by atoms with E-state index in [0.29, 0.717) is 25.4 Å². The normalized spacial score (nSPS) is 21.8. The first-order chi connectivity index (χ1) is 11.5. The second kappa shape index (κ2) is 7.03. The van der Waals surface area contributed by atoms with E-state index in [1.54, 1.807) is 25.7 Å². The van der Waals surface area contributed by atoms with Crippen molar-refractivity contribution < 1.29 is 27.8 Å². The van der Waals surface area contributed by atoms with Crippen molar-refractivity contribution in [2.75, 3.05) is 18.0 Å². The van der Waals surface area contributed by atoms with Gasteiger partial charge in [-0.25, -0.2) is 14.8 Å². The van der Waals surface area contributed by atoms with Crippen LogP contribution in [0.2, 0.25) is 0 Å². The zero-order valence-electron chi connectivity index (χ0n) is 14.2. The molecule has 1 fully saturated rings. The molecule has 1 saturated heterocycles. The first-order valence-electron chi connectivity index (χ1n) is 7.77. The molecule has 2 heterocycles. The number of carbonyl (C=O) groups is 1. The number of hydrogen-bond donors (Lipinski definition) is 2.